The van der Waals surface area contributed by atoms with Crippen molar-refractivity contribution in [1.82, 2.24) is 15.5 Å². The number of carbonyl (C=O) groups excluding carboxylic acids is 1. The summed E-state index contributed by atoms with van der Waals surface area (Å²) >= 11 is 0. The Kier molecular flexibility index (Phi) is 3.64. The van der Waals surface area contributed by atoms with Crippen LogP contribution in [0.4, 0.5) is 0 Å². The fourth-order valence-electron chi connectivity index (χ4n) is 1.89. The van der Waals surface area contributed by atoms with Crippen LogP contribution in [0.15, 0.2) is 22.7 Å². The lowest BCUT2D eigenvalue weighted by atomic mass is 10.0. The summed E-state index contributed by atoms with van der Waals surface area (Å²) in [6, 6.07) is 5.42. The average Bonchev–Trinajstić information content (AvgIpc) is 2.75. The van der Waals surface area contributed by atoms with Crippen LogP contribution >= 0.6 is 0 Å². The Morgan fingerprint density at radius 2 is 2.05 bits per heavy atom. The van der Waals surface area contributed by atoms with Gasteiger partial charge in [0, 0.05) is 5.56 Å². The first-order valence-electron chi connectivity index (χ1n) is 6.15. The summed E-state index contributed by atoms with van der Waals surface area (Å²) in [6.45, 7) is 7.47. The van der Waals surface area contributed by atoms with E-state index in [0.717, 1.165) is 11.1 Å². The van der Waals surface area contributed by atoms with E-state index in [1.54, 1.807) is 6.92 Å². The van der Waals surface area contributed by atoms with E-state index in [0.29, 0.717) is 17.3 Å². The van der Waals surface area contributed by atoms with E-state index >= 15 is 0 Å². The third kappa shape index (κ3) is 2.99. The van der Waals surface area contributed by atoms with Crippen LogP contribution in [0, 0.1) is 20.8 Å². The summed E-state index contributed by atoms with van der Waals surface area (Å²) in [5.41, 5.74) is 2.75. The van der Waals surface area contributed by atoms with E-state index in [9.17, 15) is 4.79 Å². The lowest BCUT2D eigenvalue weighted by Gasteiger charge is -2.11. The molecule has 0 radical (unpaired) electrons. The molecule has 0 fully saturated rings. The van der Waals surface area contributed by atoms with Crippen molar-refractivity contribution >= 4 is 5.91 Å². The lowest BCUT2D eigenvalue weighted by Crippen LogP contribution is -2.27. The van der Waals surface area contributed by atoms with E-state index in [2.05, 4.69) is 15.5 Å². The molecule has 1 atom stereocenters. The largest absolute Gasteiger partial charge is 0.341 e. The minimum atomic E-state index is -0.311. The second-order valence-corrected chi connectivity index (χ2v) is 4.69. The standard InChI is InChI=1S/C14H17N3O2/c1-8-5-6-12(9(2)7-8)13(18)15-10(3)14-16-11(4)17-19-14/h5-7,10H,1-4H3,(H,15,18)/t10-/m1/s1. The smallest absolute Gasteiger partial charge is 0.252 e. The maximum atomic E-state index is 12.2. The molecule has 100 valence electrons. The maximum absolute atomic E-state index is 12.2. The molecule has 1 aromatic carbocycles. The Bertz CT molecular complexity index is 604. The van der Waals surface area contributed by atoms with E-state index < -0.39 is 0 Å². The number of benzene rings is 1. The van der Waals surface area contributed by atoms with Gasteiger partial charge in [-0.15, -0.1) is 0 Å². The number of nitrogens with one attached hydrogen (secondary N) is 1. The number of aromatic nitrogens is 2. The summed E-state index contributed by atoms with van der Waals surface area (Å²) < 4.78 is 5.04. The van der Waals surface area contributed by atoms with Gasteiger partial charge in [-0.05, 0) is 39.3 Å². The second-order valence-electron chi connectivity index (χ2n) is 4.69. The average molecular weight is 259 g/mol. The molecular weight excluding hydrogens is 242 g/mol. The lowest BCUT2D eigenvalue weighted by molar-refractivity contribution is 0.0932. The monoisotopic (exact) mass is 259 g/mol. The van der Waals surface area contributed by atoms with Gasteiger partial charge in [0.25, 0.3) is 5.91 Å². The van der Waals surface area contributed by atoms with Crippen LogP contribution in [0.3, 0.4) is 0 Å². The number of hydrogen-bond donors (Lipinski definition) is 1. The van der Waals surface area contributed by atoms with Gasteiger partial charge in [-0.1, -0.05) is 22.9 Å². The quantitative estimate of drug-likeness (QED) is 0.919. The molecule has 0 aliphatic rings. The molecule has 0 aliphatic carbocycles. The summed E-state index contributed by atoms with van der Waals surface area (Å²) in [5, 5.41) is 6.56. The molecule has 0 unspecified atom stereocenters. The van der Waals surface area contributed by atoms with Crippen molar-refractivity contribution in [2.45, 2.75) is 33.7 Å². The van der Waals surface area contributed by atoms with Crippen molar-refractivity contribution in [3.05, 3.63) is 46.6 Å². The maximum Gasteiger partial charge on any atom is 0.252 e. The van der Waals surface area contributed by atoms with Crippen LogP contribution in [0.5, 0.6) is 0 Å². The Labute approximate surface area is 112 Å². The molecule has 1 N–H and O–H groups in total. The predicted octanol–water partition coefficient (Wildman–Crippen LogP) is 2.49. The Morgan fingerprint density at radius 3 is 2.63 bits per heavy atom. The zero-order chi connectivity index (χ0) is 14.0. The van der Waals surface area contributed by atoms with Gasteiger partial charge in [0.2, 0.25) is 5.89 Å². The Hall–Kier alpha value is -2.17. The minimum Gasteiger partial charge on any atom is -0.341 e. The molecule has 0 bridgehead atoms. The van der Waals surface area contributed by atoms with E-state index in [-0.39, 0.29) is 11.9 Å². The SMILES string of the molecule is Cc1ccc(C(=O)N[C@H](C)c2nc(C)no2)c(C)c1. The normalized spacial score (nSPS) is 12.2. The van der Waals surface area contributed by atoms with Crippen LogP contribution < -0.4 is 5.32 Å². The highest BCUT2D eigenvalue weighted by atomic mass is 16.5. The summed E-state index contributed by atoms with van der Waals surface area (Å²) in [5.74, 6) is 0.832. The first-order chi connectivity index (χ1) is 8.97. The molecule has 5 nitrogen and oxygen atoms in total. The van der Waals surface area contributed by atoms with Crippen molar-refractivity contribution in [1.29, 1.82) is 0 Å². The van der Waals surface area contributed by atoms with Gasteiger partial charge in [-0.25, -0.2) is 0 Å². The molecule has 0 spiro atoms. The molecule has 1 aromatic heterocycles. The minimum absolute atomic E-state index is 0.138. The van der Waals surface area contributed by atoms with Gasteiger partial charge in [-0.2, -0.15) is 4.98 Å². The van der Waals surface area contributed by atoms with Gasteiger partial charge in [0.15, 0.2) is 5.82 Å². The van der Waals surface area contributed by atoms with Gasteiger partial charge in [0.05, 0.1) is 0 Å². The van der Waals surface area contributed by atoms with Gasteiger partial charge in [0.1, 0.15) is 6.04 Å². The number of rotatable bonds is 3. The third-order valence-corrected chi connectivity index (χ3v) is 2.89. The molecular formula is C14H17N3O2. The molecule has 1 amide bonds. The number of aryl methyl sites for hydroxylation is 3. The van der Waals surface area contributed by atoms with Crippen LogP contribution in [0.2, 0.25) is 0 Å². The van der Waals surface area contributed by atoms with Crippen molar-refractivity contribution in [2.24, 2.45) is 0 Å². The number of hydrogen-bond acceptors (Lipinski definition) is 4. The van der Waals surface area contributed by atoms with Crippen LogP contribution in [0.1, 0.15) is 46.2 Å². The summed E-state index contributed by atoms with van der Waals surface area (Å²) in [4.78, 5) is 16.3. The zero-order valence-corrected chi connectivity index (χ0v) is 11.5. The fourth-order valence-corrected chi connectivity index (χ4v) is 1.89. The Balaban J connectivity index is 2.12. The van der Waals surface area contributed by atoms with Gasteiger partial charge < -0.3 is 9.84 Å². The fraction of sp³-hybridized carbons (Fsp3) is 0.357. The van der Waals surface area contributed by atoms with E-state index in [1.165, 1.54) is 0 Å². The zero-order valence-electron chi connectivity index (χ0n) is 11.5. The van der Waals surface area contributed by atoms with Crippen molar-refractivity contribution in [2.75, 3.05) is 0 Å². The molecule has 5 heteroatoms. The van der Waals surface area contributed by atoms with Crippen LogP contribution in [-0.2, 0) is 0 Å². The summed E-state index contributed by atoms with van der Waals surface area (Å²) in [7, 11) is 0. The molecule has 19 heavy (non-hydrogen) atoms. The van der Waals surface area contributed by atoms with Gasteiger partial charge in [-0.3, -0.25) is 4.79 Å². The highest BCUT2D eigenvalue weighted by molar-refractivity contribution is 5.95. The number of nitrogens with zero attached hydrogens (tertiary/aromatic N) is 2. The Morgan fingerprint density at radius 1 is 1.32 bits per heavy atom. The highest BCUT2D eigenvalue weighted by Gasteiger charge is 2.17. The topological polar surface area (TPSA) is 68.0 Å². The molecule has 2 aromatic rings. The van der Waals surface area contributed by atoms with E-state index in [4.69, 9.17) is 4.52 Å². The van der Waals surface area contributed by atoms with E-state index in [1.807, 2.05) is 39.0 Å². The summed E-state index contributed by atoms with van der Waals surface area (Å²) in [6.07, 6.45) is 0. The van der Waals surface area contributed by atoms with Crippen molar-refractivity contribution in [3.63, 3.8) is 0 Å². The second kappa shape index (κ2) is 5.22. The van der Waals surface area contributed by atoms with Gasteiger partial charge >= 0.3 is 0 Å². The first-order valence-corrected chi connectivity index (χ1v) is 6.15. The molecule has 0 saturated heterocycles. The van der Waals surface area contributed by atoms with Crippen LogP contribution in [-0.4, -0.2) is 16.0 Å². The first kappa shape index (κ1) is 13.3. The third-order valence-electron chi connectivity index (χ3n) is 2.89. The highest BCUT2D eigenvalue weighted by Crippen LogP contribution is 2.14. The molecule has 1 heterocycles. The van der Waals surface area contributed by atoms with Crippen molar-refractivity contribution in [3.8, 4) is 0 Å². The molecule has 0 saturated carbocycles. The number of amides is 1. The van der Waals surface area contributed by atoms with Crippen LogP contribution in [0.25, 0.3) is 0 Å². The predicted molar refractivity (Wildman–Crippen MR) is 70.8 cm³/mol. The number of carbonyl (C=O) groups is 1. The van der Waals surface area contributed by atoms with Crippen molar-refractivity contribution < 1.29 is 9.32 Å². The molecule has 0 aliphatic heterocycles. The molecule has 2 rings (SSSR count).